The average molecular weight is 233 g/mol. The molecular formula is C12H15N3O2. The van der Waals surface area contributed by atoms with E-state index in [4.69, 9.17) is 15.2 Å². The average Bonchev–Trinajstić information content (AvgIpc) is 2.81. The Morgan fingerprint density at radius 1 is 1.41 bits per heavy atom. The Bertz CT molecular complexity index is 467. The van der Waals surface area contributed by atoms with E-state index in [0.717, 1.165) is 32.0 Å². The molecule has 2 aliphatic heterocycles. The van der Waals surface area contributed by atoms with Crippen molar-refractivity contribution in [3.63, 3.8) is 0 Å². The molecule has 3 aliphatic rings. The highest BCUT2D eigenvalue weighted by Gasteiger charge is 2.74. The Kier molecular flexibility index (Phi) is 1.77. The lowest BCUT2D eigenvalue weighted by Crippen LogP contribution is -2.43. The van der Waals surface area contributed by atoms with Crippen molar-refractivity contribution in [2.75, 3.05) is 30.4 Å². The fourth-order valence-electron chi connectivity index (χ4n) is 3.23. The normalized spacial score (nSPS) is 38.7. The second kappa shape index (κ2) is 3.11. The molecule has 1 aromatic heterocycles. The summed E-state index contributed by atoms with van der Waals surface area (Å²) in [6.07, 6.45) is 1.23. The predicted molar refractivity (Wildman–Crippen MR) is 62.8 cm³/mol. The number of hydrogen-bond acceptors (Lipinski definition) is 5. The number of hydrogen-bond donors (Lipinski definition) is 1. The number of nitrogens with zero attached hydrogens (tertiary/aromatic N) is 2. The number of morpholine rings is 1. The molecule has 17 heavy (non-hydrogen) atoms. The molecule has 3 heterocycles. The van der Waals surface area contributed by atoms with E-state index in [1.165, 1.54) is 0 Å². The minimum absolute atomic E-state index is 0.0511. The van der Waals surface area contributed by atoms with Gasteiger partial charge in [-0.3, -0.25) is 0 Å². The first-order chi connectivity index (χ1) is 8.31. The molecule has 3 atom stereocenters. The maximum absolute atomic E-state index is 5.92. The number of pyridine rings is 1. The van der Waals surface area contributed by atoms with Crippen LogP contribution in [0.3, 0.4) is 0 Å². The Hall–Kier alpha value is -1.33. The molecule has 1 aromatic rings. The molecule has 0 amide bonds. The lowest BCUT2D eigenvalue weighted by molar-refractivity contribution is 0.0152. The maximum atomic E-state index is 5.92. The molecule has 1 spiro atoms. The Morgan fingerprint density at radius 2 is 2.35 bits per heavy atom. The largest absolute Gasteiger partial charge is 0.384 e. The van der Waals surface area contributed by atoms with Crippen molar-refractivity contribution < 1.29 is 9.47 Å². The number of rotatable bonds is 1. The fraction of sp³-hybridized carbons (Fsp3) is 0.583. The van der Waals surface area contributed by atoms with E-state index < -0.39 is 0 Å². The van der Waals surface area contributed by atoms with Gasteiger partial charge in [-0.25, -0.2) is 4.98 Å². The predicted octanol–water partition coefficient (Wildman–Crippen LogP) is 0.410. The molecule has 5 heteroatoms. The summed E-state index contributed by atoms with van der Waals surface area (Å²) in [6, 6.07) is 6.09. The molecule has 0 radical (unpaired) electrons. The zero-order valence-electron chi connectivity index (χ0n) is 9.50. The SMILES string of the molecule is Nc1cccc(N2CCO[C@]34CCOC3C24)n1. The Labute approximate surface area is 99.5 Å². The van der Waals surface area contributed by atoms with Gasteiger partial charge in [-0.15, -0.1) is 0 Å². The summed E-state index contributed by atoms with van der Waals surface area (Å²) >= 11 is 0. The summed E-state index contributed by atoms with van der Waals surface area (Å²) in [5, 5.41) is 0. The Balaban J connectivity index is 1.67. The minimum atomic E-state index is -0.0511. The van der Waals surface area contributed by atoms with E-state index >= 15 is 0 Å². The van der Waals surface area contributed by atoms with Gasteiger partial charge in [0.15, 0.2) is 0 Å². The van der Waals surface area contributed by atoms with Crippen molar-refractivity contribution in [2.24, 2.45) is 0 Å². The zero-order chi connectivity index (χ0) is 11.5. The highest BCUT2D eigenvalue weighted by atomic mass is 16.6. The van der Waals surface area contributed by atoms with Crippen molar-refractivity contribution in [2.45, 2.75) is 24.2 Å². The number of anilines is 2. The van der Waals surface area contributed by atoms with Gasteiger partial charge in [-0.1, -0.05) is 6.07 Å². The molecular weight excluding hydrogens is 218 g/mol. The first-order valence-corrected chi connectivity index (χ1v) is 6.06. The molecule has 1 saturated carbocycles. The van der Waals surface area contributed by atoms with Crippen molar-refractivity contribution in [1.29, 1.82) is 0 Å². The van der Waals surface area contributed by atoms with Crippen LogP contribution in [0.4, 0.5) is 11.6 Å². The third-order valence-corrected chi connectivity index (χ3v) is 4.04. The van der Waals surface area contributed by atoms with Gasteiger partial charge in [0.05, 0.1) is 19.3 Å². The number of fused-ring (bicyclic) bond motifs is 1. The van der Waals surface area contributed by atoms with Crippen LogP contribution in [0.25, 0.3) is 0 Å². The molecule has 2 N–H and O–H groups in total. The highest BCUT2D eigenvalue weighted by Crippen LogP contribution is 2.55. The van der Waals surface area contributed by atoms with E-state index in [1.54, 1.807) is 0 Å². The molecule has 1 aliphatic carbocycles. The summed E-state index contributed by atoms with van der Waals surface area (Å²) in [4.78, 5) is 6.67. The van der Waals surface area contributed by atoms with Gasteiger partial charge >= 0.3 is 0 Å². The van der Waals surface area contributed by atoms with Gasteiger partial charge in [0.25, 0.3) is 0 Å². The molecule has 2 saturated heterocycles. The van der Waals surface area contributed by atoms with Crippen molar-refractivity contribution in [3.8, 4) is 0 Å². The van der Waals surface area contributed by atoms with Crippen LogP contribution in [0.2, 0.25) is 0 Å². The molecule has 4 rings (SSSR count). The van der Waals surface area contributed by atoms with Gasteiger partial charge in [0, 0.05) is 13.0 Å². The zero-order valence-corrected chi connectivity index (χ0v) is 9.50. The van der Waals surface area contributed by atoms with Crippen LogP contribution in [0, 0.1) is 0 Å². The summed E-state index contributed by atoms with van der Waals surface area (Å²) in [5.74, 6) is 1.51. The van der Waals surface area contributed by atoms with E-state index in [0.29, 0.717) is 11.9 Å². The van der Waals surface area contributed by atoms with Gasteiger partial charge < -0.3 is 20.1 Å². The minimum Gasteiger partial charge on any atom is -0.384 e. The number of aromatic nitrogens is 1. The fourth-order valence-corrected chi connectivity index (χ4v) is 3.23. The monoisotopic (exact) mass is 233 g/mol. The van der Waals surface area contributed by atoms with E-state index in [9.17, 15) is 0 Å². The highest BCUT2D eigenvalue weighted by molar-refractivity contribution is 5.51. The van der Waals surface area contributed by atoms with E-state index in [1.807, 2.05) is 18.2 Å². The van der Waals surface area contributed by atoms with E-state index in [2.05, 4.69) is 9.88 Å². The van der Waals surface area contributed by atoms with Crippen LogP contribution in [0.5, 0.6) is 0 Å². The van der Waals surface area contributed by atoms with Crippen LogP contribution in [0.15, 0.2) is 18.2 Å². The molecule has 0 bridgehead atoms. The maximum Gasteiger partial charge on any atom is 0.131 e. The standard InChI is InChI=1S/C12H15N3O2/c13-8-2-1-3-9(14-8)15-5-7-17-12-4-6-16-11(12)10(12)15/h1-3,10-11H,4-7H2,(H2,13,14)/t10?,11?,12-/m0/s1. The lowest BCUT2D eigenvalue weighted by atomic mass is 10.2. The van der Waals surface area contributed by atoms with Crippen LogP contribution < -0.4 is 10.6 Å². The van der Waals surface area contributed by atoms with Crippen molar-refractivity contribution >= 4 is 11.6 Å². The van der Waals surface area contributed by atoms with Gasteiger partial charge in [0.2, 0.25) is 0 Å². The topological polar surface area (TPSA) is 60.6 Å². The third kappa shape index (κ3) is 1.18. The molecule has 3 fully saturated rings. The van der Waals surface area contributed by atoms with Crippen LogP contribution in [-0.2, 0) is 9.47 Å². The Morgan fingerprint density at radius 3 is 3.24 bits per heavy atom. The summed E-state index contributed by atoms with van der Waals surface area (Å²) in [5.41, 5.74) is 5.69. The van der Waals surface area contributed by atoms with E-state index in [-0.39, 0.29) is 11.7 Å². The van der Waals surface area contributed by atoms with Crippen molar-refractivity contribution in [1.82, 2.24) is 4.98 Å². The molecule has 5 nitrogen and oxygen atoms in total. The first-order valence-electron chi connectivity index (χ1n) is 6.06. The van der Waals surface area contributed by atoms with Gasteiger partial charge in [0.1, 0.15) is 23.3 Å². The molecule has 2 unspecified atom stereocenters. The molecule has 0 aromatic carbocycles. The second-order valence-electron chi connectivity index (χ2n) is 4.90. The quantitative estimate of drug-likeness (QED) is 0.761. The number of nitrogen functional groups attached to an aromatic ring is 1. The summed E-state index contributed by atoms with van der Waals surface area (Å²) in [6.45, 7) is 2.43. The summed E-state index contributed by atoms with van der Waals surface area (Å²) in [7, 11) is 0. The third-order valence-electron chi connectivity index (χ3n) is 4.04. The second-order valence-corrected chi connectivity index (χ2v) is 4.90. The first kappa shape index (κ1) is 9.67. The number of nitrogens with two attached hydrogens (primary N) is 1. The van der Waals surface area contributed by atoms with Crippen molar-refractivity contribution in [3.05, 3.63) is 18.2 Å². The number of ether oxygens (including phenoxy) is 2. The van der Waals surface area contributed by atoms with Crippen LogP contribution >= 0.6 is 0 Å². The van der Waals surface area contributed by atoms with Gasteiger partial charge in [-0.05, 0) is 12.1 Å². The van der Waals surface area contributed by atoms with Crippen LogP contribution in [-0.4, -0.2) is 42.5 Å². The smallest absolute Gasteiger partial charge is 0.131 e. The lowest BCUT2D eigenvalue weighted by Gasteiger charge is -2.32. The van der Waals surface area contributed by atoms with Gasteiger partial charge in [-0.2, -0.15) is 0 Å². The molecule has 90 valence electrons. The summed E-state index contributed by atoms with van der Waals surface area (Å²) < 4.78 is 11.6. The van der Waals surface area contributed by atoms with Crippen LogP contribution in [0.1, 0.15) is 6.42 Å².